The fourth-order valence-corrected chi connectivity index (χ4v) is 2.94. The number of alkyl halides is 3. The van der Waals surface area contributed by atoms with Gasteiger partial charge in [-0.3, -0.25) is 9.59 Å². The van der Waals surface area contributed by atoms with Gasteiger partial charge in [0.2, 0.25) is 5.91 Å². The van der Waals surface area contributed by atoms with Gasteiger partial charge >= 0.3 is 6.18 Å². The fourth-order valence-electron chi connectivity index (χ4n) is 2.94. The molecule has 0 aliphatic carbocycles. The van der Waals surface area contributed by atoms with Crippen molar-refractivity contribution in [3.05, 3.63) is 23.2 Å². The van der Waals surface area contributed by atoms with Crippen molar-refractivity contribution in [1.82, 2.24) is 10.2 Å². The van der Waals surface area contributed by atoms with Crippen LogP contribution in [0.2, 0.25) is 0 Å². The molecule has 2 rings (SSSR count). The normalized spacial score (nSPS) is 22.1. The molecule has 0 spiro atoms. The molecule has 0 unspecified atom stereocenters. The van der Waals surface area contributed by atoms with Gasteiger partial charge in [-0.25, -0.2) is 0 Å². The number of hydrogen-bond acceptors (Lipinski definition) is 3. The average Bonchev–Trinajstić information content (AvgIpc) is 2.74. The summed E-state index contributed by atoms with van der Waals surface area (Å²) in [4.78, 5) is 24.5. The highest BCUT2D eigenvalue weighted by Crippen LogP contribution is 2.33. The molecule has 128 valence electrons. The molecule has 2 amide bonds. The lowest BCUT2D eigenvalue weighted by Crippen LogP contribution is -2.58. The van der Waals surface area contributed by atoms with Gasteiger partial charge in [0.15, 0.2) is 0 Å². The topological polar surface area (TPSA) is 62.6 Å². The molecule has 2 atom stereocenters. The molecule has 23 heavy (non-hydrogen) atoms. The Morgan fingerprint density at radius 2 is 1.96 bits per heavy atom. The number of amides is 2. The van der Waals surface area contributed by atoms with Crippen molar-refractivity contribution in [1.29, 1.82) is 0 Å². The summed E-state index contributed by atoms with van der Waals surface area (Å²) in [6, 6.07) is -0.898. The van der Waals surface area contributed by atoms with E-state index in [1.165, 1.54) is 19.9 Å². The van der Waals surface area contributed by atoms with E-state index >= 15 is 0 Å². The third-order valence-corrected chi connectivity index (χ3v) is 3.90. The Labute approximate surface area is 131 Å². The van der Waals surface area contributed by atoms with E-state index in [2.05, 4.69) is 5.32 Å². The van der Waals surface area contributed by atoms with Crippen LogP contribution < -0.4 is 5.32 Å². The highest BCUT2D eigenvalue weighted by Gasteiger charge is 2.48. The van der Waals surface area contributed by atoms with E-state index in [9.17, 15) is 22.8 Å². The molecular weight excluding hydrogens is 313 g/mol. The number of aryl methyl sites for hydroxylation is 2. The summed E-state index contributed by atoms with van der Waals surface area (Å²) in [7, 11) is 0. The zero-order valence-corrected chi connectivity index (χ0v) is 13.2. The van der Waals surface area contributed by atoms with Crippen LogP contribution >= 0.6 is 0 Å². The lowest BCUT2D eigenvalue weighted by molar-refractivity contribution is -0.184. The molecule has 0 saturated carbocycles. The van der Waals surface area contributed by atoms with E-state index in [1.54, 1.807) is 6.92 Å². The number of carbonyl (C=O) groups excluding carboxylic acids is 2. The Bertz CT molecular complexity index is 610. The van der Waals surface area contributed by atoms with Gasteiger partial charge in [0.05, 0.1) is 5.56 Å². The van der Waals surface area contributed by atoms with Gasteiger partial charge in [-0.1, -0.05) is 0 Å². The first-order valence-corrected chi connectivity index (χ1v) is 7.31. The largest absolute Gasteiger partial charge is 0.466 e. The Morgan fingerprint density at radius 1 is 1.30 bits per heavy atom. The van der Waals surface area contributed by atoms with Crippen LogP contribution in [0.1, 0.15) is 41.6 Å². The van der Waals surface area contributed by atoms with Gasteiger partial charge in [0, 0.05) is 19.5 Å². The molecule has 0 aromatic carbocycles. The lowest BCUT2D eigenvalue weighted by Gasteiger charge is -2.40. The first kappa shape index (κ1) is 17.4. The number of furan rings is 1. The predicted octanol–water partition coefficient (Wildman–Crippen LogP) is 2.57. The van der Waals surface area contributed by atoms with Crippen molar-refractivity contribution < 1.29 is 27.2 Å². The summed E-state index contributed by atoms with van der Waals surface area (Å²) >= 11 is 0. The summed E-state index contributed by atoms with van der Waals surface area (Å²) in [5.41, 5.74) is 0.125. The molecule has 1 aromatic rings. The lowest BCUT2D eigenvalue weighted by atomic mass is 9.96. The first-order chi connectivity index (χ1) is 10.6. The van der Waals surface area contributed by atoms with Crippen LogP contribution in [0.3, 0.4) is 0 Å². The molecular formula is C15H19F3N2O3. The fraction of sp³-hybridized carbons (Fsp3) is 0.600. The number of piperidine rings is 1. The second-order valence-electron chi connectivity index (χ2n) is 5.82. The summed E-state index contributed by atoms with van der Waals surface area (Å²) < 4.78 is 45.0. The third-order valence-electron chi connectivity index (χ3n) is 3.90. The van der Waals surface area contributed by atoms with Crippen molar-refractivity contribution in [2.24, 2.45) is 0 Å². The van der Waals surface area contributed by atoms with Gasteiger partial charge in [-0.2, -0.15) is 13.2 Å². The standard InChI is InChI=1S/C15H19F3N2O3/c1-8-6-12(9(2)23-8)14(22)20-7-11(19-10(3)21)4-5-13(20)15(16,17)18/h6,11,13H,4-5,7H2,1-3H3,(H,19,21)/t11-,13-/m0/s1. The van der Waals surface area contributed by atoms with E-state index in [1.807, 2.05) is 0 Å². The summed E-state index contributed by atoms with van der Waals surface area (Å²) in [5.74, 6) is -0.306. The minimum absolute atomic E-state index is 0.125. The van der Waals surface area contributed by atoms with Gasteiger partial charge in [0.1, 0.15) is 17.6 Å². The van der Waals surface area contributed by atoms with E-state index in [-0.39, 0.29) is 36.6 Å². The number of rotatable bonds is 2. The van der Waals surface area contributed by atoms with Gasteiger partial charge in [0.25, 0.3) is 5.91 Å². The van der Waals surface area contributed by atoms with Crippen molar-refractivity contribution in [3.8, 4) is 0 Å². The minimum atomic E-state index is -4.51. The van der Waals surface area contributed by atoms with Crippen LogP contribution in [0, 0.1) is 13.8 Å². The molecule has 8 heteroatoms. The zero-order valence-electron chi connectivity index (χ0n) is 13.2. The van der Waals surface area contributed by atoms with E-state index in [0.717, 1.165) is 4.90 Å². The number of carbonyl (C=O) groups is 2. The van der Waals surface area contributed by atoms with Gasteiger partial charge in [-0.15, -0.1) is 0 Å². The predicted molar refractivity (Wildman–Crippen MR) is 75.9 cm³/mol. The van der Waals surface area contributed by atoms with Crippen LogP contribution in [0.4, 0.5) is 13.2 Å². The highest BCUT2D eigenvalue weighted by molar-refractivity contribution is 5.95. The van der Waals surface area contributed by atoms with E-state index in [0.29, 0.717) is 5.76 Å². The monoisotopic (exact) mass is 332 g/mol. The maximum absolute atomic E-state index is 13.3. The quantitative estimate of drug-likeness (QED) is 0.905. The van der Waals surface area contributed by atoms with Crippen LogP contribution in [0.15, 0.2) is 10.5 Å². The number of likely N-dealkylation sites (tertiary alicyclic amines) is 1. The summed E-state index contributed by atoms with van der Waals surface area (Å²) in [6.07, 6.45) is -4.57. The Kier molecular flexibility index (Phi) is 4.72. The Hall–Kier alpha value is -1.99. The number of nitrogens with zero attached hydrogens (tertiary/aromatic N) is 1. The number of hydrogen-bond donors (Lipinski definition) is 1. The first-order valence-electron chi connectivity index (χ1n) is 7.31. The minimum Gasteiger partial charge on any atom is -0.466 e. The number of nitrogens with one attached hydrogen (secondary N) is 1. The van der Waals surface area contributed by atoms with Crippen LogP contribution in [-0.2, 0) is 4.79 Å². The maximum atomic E-state index is 13.3. The van der Waals surface area contributed by atoms with Crippen LogP contribution in [-0.4, -0.2) is 41.5 Å². The molecule has 1 aromatic heterocycles. The molecule has 2 heterocycles. The third kappa shape index (κ3) is 3.86. The maximum Gasteiger partial charge on any atom is 0.408 e. The molecule has 0 radical (unpaired) electrons. The zero-order chi connectivity index (χ0) is 17.4. The van der Waals surface area contributed by atoms with E-state index < -0.39 is 24.2 Å². The highest BCUT2D eigenvalue weighted by atomic mass is 19.4. The van der Waals surface area contributed by atoms with E-state index in [4.69, 9.17) is 4.42 Å². The second-order valence-corrected chi connectivity index (χ2v) is 5.82. The van der Waals surface area contributed by atoms with Crippen molar-refractivity contribution in [3.63, 3.8) is 0 Å². The molecule has 1 saturated heterocycles. The molecule has 1 aliphatic rings. The average molecular weight is 332 g/mol. The SMILES string of the molecule is CC(=O)N[C@H]1CC[C@@H](C(F)(F)F)N(C(=O)c2cc(C)oc2C)C1. The van der Waals surface area contributed by atoms with Crippen molar-refractivity contribution in [2.75, 3.05) is 6.54 Å². The molecule has 1 N–H and O–H groups in total. The smallest absolute Gasteiger partial charge is 0.408 e. The molecule has 1 aliphatic heterocycles. The molecule has 1 fully saturated rings. The second kappa shape index (κ2) is 6.25. The van der Waals surface area contributed by atoms with Crippen LogP contribution in [0.25, 0.3) is 0 Å². The van der Waals surface area contributed by atoms with Crippen molar-refractivity contribution in [2.45, 2.75) is 51.9 Å². The summed E-state index contributed by atoms with van der Waals surface area (Å²) in [6.45, 7) is 4.29. The molecule has 0 bridgehead atoms. The van der Waals surface area contributed by atoms with Crippen LogP contribution in [0.5, 0.6) is 0 Å². The van der Waals surface area contributed by atoms with Gasteiger partial charge < -0.3 is 14.6 Å². The number of halogens is 3. The van der Waals surface area contributed by atoms with Crippen molar-refractivity contribution >= 4 is 11.8 Å². The summed E-state index contributed by atoms with van der Waals surface area (Å²) in [5, 5.41) is 2.59. The Balaban J connectivity index is 2.29. The Morgan fingerprint density at radius 3 is 2.43 bits per heavy atom. The van der Waals surface area contributed by atoms with Gasteiger partial charge in [-0.05, 0) is 32.8 Å². The molecule has 5 nitrogen and oxygen atoms in total.